The van der Waals surface area contributed by atoms with E-state index in [1.54, 1.807) is 0 Å². The highest BCUT2D eigenvalue weighted by Gasteiger charge is 1.98. The van der Waals surface area contributed by atoms with Crippen molar-refractivity contribution >= 4 is 5.57 Å². The zero-order chi connectivity index (χ0) is 11.3. The Bertz CT molecular complexity index is 320. The van der Waals surface area contributed by atoms with E-state index >= 15 is 0 Å². The van der Waals surface area contributed by atoms with Crippen LogP contribution in [0.5, 0.6) is 5.75 Å². The van der Waals surface area contributed by atoms with Crippen LogP contribution in [0.1, 0.15) is 33.3 Å². The Labute approximate surface area is 92.8 Å². The zero-order valence-corrected chi connectivity index (χ0v) is 10.1. The van der Waals surface area contributed by atoms with Gasteiger partial charge in [0, 0.05) is 0 Å². The molecule has 0 fully saturated rings. The van der Waals surface area contributed by atoms with Gasteiger partial charge in [-0.3, -0.25) is 0 Å². The van der Waals surface area contributed by atoms with Crippen molar-refractivity contribution in [1.29, 1.82) is 0 Å². The predicted octanol–water partition coefficient (Wildman–Crippen LogP) is 4.14. The van der Waals surface area contributed by atoms with E-state index in [4.69, 9.17) is 4.74 Å². The Morgan fingerprint density at radius 1 is 1.27 bits per heavy atom. The lowest BCUT2D eigenvalue weighted by Crippen LogP contribution is -2.04. The molecule has 1 nitrogen and oxygen atoms in total. The van der Waals surface area contributed by atoms with Crippen LogP contribution in [0.3, 0.4) is 0 Å². The largest absolute Gasteiger partial charge is 0.493 e. The molecule has 0 aromatic heterocycles. The summed E-state index contributed by atoms with van der Waals surface area (Å²) in [6.07, 6.45) is 2.12. The number of benzene rings is 1. The normalized spacial score (nSPS) is 11.9. The minimum absolute atomic E-state index is 0.571. The highest BCUT2D eigenvalue weighted by Crippen LogP contribution is 2.18. The van der Waals surface area contributed by atoms with Crippen LogP contribution in [-0.4, -0.2) is 6.61 Å². The smallest absolute Gasteiger partial charge is 0.119 e. The summed E-state index contributed by atoms with van der Waals surface area (Å²) in [6.45, 7) is 9.25. The quantitative estimate of drug-likeness (QED) is 0.716. The van der Waals surface area contributed by atoms with Gasteiger partial charge in [0.05, 0.1) is 6.61 Å². The molecule has 0 saturated carbocycles. The Hall–Kier alpha value is -1.24. The molecule has 0 atom stereocenters. The molecule has 82 valence electrons. The van der Waals surface area contributed by atoms with E-state index in [0.29, 0.717) is 5.92 Å². The highest BCUT2D eigenvalue weighted by atomic mass is 16.5. The van der Waals surface area contributed by atoms with Crippen molar-refractivity contribution in [3.05, 3.63) is 35.9 Å². The molecular formula is C14H20O. The number of ether oxygens (including phenoxy) is 1. The summed E-state index contributed by atoms with van der Waals surface area (Å²) in [5.41, 5.74) is 2.56. The van der Waals surface area contributed by atoms with Crippen LogP contribution >= 0.6 is 0 Å². The van der Waals surface area contributed by atoms with E-state index in [9.17, 15) is 0 Å². The first-order chi connectivity index (χ1) is 7.13. The summed E-state index contributed by atoms with van der Waals surface area (Å²) in [6, 6.07) is 8.27. The molecule has 15 heavy (non-hydrogen) atoms. The maximum Gasteiger partial charge on any atom is 0.119 e. The Balaban J connectivity index is 2.64. The monoisotopic (exact) mass is 204 g/mol. The maximum absolute atomic E-state index is 5.62. The van der Waals surface area contributed by atoms with Crippen LogP contribution in [0.25, 0.3) is 5.57 Å². The lowest BCUT2D eigenvalue weighted by molar-refractivity contribution is 0.271. The molecule has 0 amide bonds. The van der Waals surface area contributed by atoms with Gasteiger partial charge >= 0.3 is 0 Å². The molecular weight excluding hydrogens is 184 g/mol. The minimum Gasteiger partial charge on any atom is -0.493 e. The zero-order valence-electron chi connectivity index (χ0n) is 10.1. The van der Waals surface area contributed by atoms with E-state index in [0.717, 1.165) is 12.4 Å². The molecule has 1 rings (SSSR count). The van der Waals surface area contributed by atoms with Gasteiger partial charge in [-0.15, -0.1) is 0 Å². The third-order valence-corrected chi connectivity index (χ3v) is 2.33. The van der Waals surface area contributed by atoms with Crippen molar-refractivity contribution in [1.82, 2.24) is 0 Å². The summed E-state index contributed by atoms with van der Waals surface area (Å²) in [5.74, 6) is 1.53. The SMILES string of the molecule is CC=C(C)c1ccc(OCC(C)C)cc1. The van der Waals surface area contributed by atoms with E-state index in [1.807, 2.05) is 12.1 Å². The van der Waals surface area contributed by atoms with Crippen molar-refractivity contribution in [2.75, 3.05) is 6.61 Å². The van der Waals surface area contributed by atoms with Crippen LogP contribution < -0.4 is 4.74 Å². The molecule has 0 saturated heterocycles. The fraction of sp³-hybridized carbons (Fsp3) is 0.429. The first kappa shape index (κ1) is 11.8. The van der Waals surface area contributed by atoms with Gasteiger partial charge in [0.2, 0.25) is 0 Å². The first-order valence-electron chi connectivity index (χ1n) is 5.49. The van der Waals surface area contributed by atoms with Gasteiger partial charge in [0.1, 0.15) is 5.75 Å². The second kappa shape index (κ2) is 5.59. The van der Waals surface area contributed by atoms with Gasteiger partial charge < -0.3 is 4.74 Å². The van der Waals surface area contributed by atoms with E-state index in [2.05, 4.69) is 45.9 Å². The van der Waals surface area contributed by atoms with Crippen LogP contribution in [0, 0.1) is 5.92 Å². The van der Waals surface area contributed by atoms with E-state index in [-0.39, 0.29) is 0 Å². The summed E-state index contributed by atoms with van der Waals surface area (Å²) in [7, 11) is 0. The van der Waals surface area contributed by atoms with Gasteiger partial charge in [-0.25, -0.2) is 0 Å². The minimum atomic E-state index is 0.571. The molecule has 1 aromatic carbocycles. The summed E-state index contributed by atoms with van der Waals surface area (Å²) >= 11 is 0. The first-order valence-corrected chi connectivity index (χ1v) is 5.49. The lowest BCUT2D eigenvalue weighted by Gasteiger charge is -2.09. The molecule has 0 spiro atoms. The maximum atomic E-state index is 5.62. The molecule has 0 N–H and O–H groups in total. The number of hydrogen-bond acceptors (Lipinski definition) is 1. The number of allylic oxidation sites excluding steroid dienone is 2. The van der Waals surface area contributed by atoms with Crippen molar-refractivity contribution in [2.45, 2.75) is 27.7 Å². The fourth-order valence-corrected chi connectivity index (χ4v) is 1.24. The van der Waals surface area contributed by atoms with Crippen LogP contribution in [0.2, 0.25) is 0 Å². The van der Waals surface area contributed by atoms with Crippen molar-refractivity contribution < 1.29 is 4.74 Å². The molecule has 0 radical (unpaired) electrons. The number of hydrogen-bond donors (Lipinski definition) is 0. The second-order valence-corrected chi connectivity index (χ2v) is 4.20. The van der Waals surface area contributed by atoms with Gasteiger partial charge in [0.15, 0.2) is 0 Å². The van der Waals surface area contributed by atoms with Gasteiger partial charge in [0.25, 0.3) is 0 Å². The summed E-state index contributed by atoms with van der Waals surface area (Å²) < 4.78 is 5.62. The Morgan fingerprint density at radius 2 is 1.87 bits per heavy atom. The molecule has 0 unspecified atom stereocenters. The fourth-order valence-electron chi connectivity index (χ4n) is 1.24. The van der Waals surface area contributed by atoms with Crippen molar-refractivity contribution in [2.24, 2.45) is 5.92 Å². The number of rotatable bonds is 4. The third kappa shape index (κ3) is 3.78. The molecule has 1 aromatic rings. The third-order valence-electron chi connectivity index (χ3n) is 2.33. The lowest BCUT2D eigenvalue weighted by atomic mass is 10.1. The van der Waals surface area contributed by atoms with Gasteiger partial charge in [-0.2, -0.15) is 0 Å². The molecule has 1 heteroatoms. The van der Waals surface area contributed by atoms with E-state index < -0.39 is 0 Å². The standard InChI is InChI=1S/C14H20O/c1-5-12(4)13-6-8-14(9-7-13)15-10-11(2)3/h5-9,11H,10H2,1-4H3. The van der Waals surface area contributed by atoms with Crippen molar-refractivity contribution in [3.63, 3.8) is 0 Å². The average molecular weight is 204 g/mol. The highest BCUT2D eigenvalue weighted by molar-refractivity contribution is 5.63. The van der Waals surface area contributed by atoms with Crippen molar-refractivity contribution in [3.8, 4) is 5.75 Å². The van der Waals surface area contributed by atoms with Crippen LogP contribution in [-0.2, 0) is 0 Å². The summed E-state index contributed by atoms with van der Waals surface area (Å²) in [5, 5.41) is 0. The van der Waals surface area contributed by atoms with Gasteiger partial charge in [-0.05, 0) is 43.0 Å². The van der Waals surface area contributed by atoms with Crippen LogP contribution in [0.15, 0.2) is 30.3 Å². The van der Waals surface area contributed by atoms with E-state index in [1.165, 1.54) is 11.1 Å². The molecule has 0 aliphatic carbocycles. The van der Waals surface area contributed by atoms with Crippen LogP contribution in [0.4, 0.5) is 0 Å². The Morgan fingerprint density at radius 3 is 2.33 bits per heavy atom. The topological polar surface area (TPSA) is 9.23 Å². The summed E-state index contributed by atoms with van der Waals surface area (Å²) in [4.78, 5) is 0. The van der Waals surface area contributed by atoms with Gasteiger partial charge in [-0.1, -0.05) is 32.1 Å². The molecule has 0 heterocycles. The molecule has 0 bridgehead atoms. The Kier molecular flexibility index (Phi) is 4.41. The molecule has 0 aliphatic heterocycles. The average Bonchev–Trinajstić information content (AvgIpc) is 2.26. The molecule has 0 aliphatic rings. The second-order valence-electron chi connectivity index (χ2n) is 4.20. The predicted molar refractivity (Wildman–Crippen MR) is 66.1 cm³/mol.